The predicted octanol–water partition coefficient (Wildman–Crippen LogP) is 2.11. The van der Waals surface area contributed by atoms with E-state index in [1.165, 1.54) is 12.3 Å². The lowest BCUT2D eigenvalue weighted by molar-refractivity contribution is 0.0696. The second-order valence-corrected chi connectivity index (χ2v) is 4.56. The number of hydrogen-bond acceptors (Lipinski definition) is 4. The van der Waals surface area contributed by atoms with E-state index < -0.39 is 5.97 Å². The molecule has 0 amide bonds. The highest BCUT2D eigenvalue weighted by Crippen LogP contribution is 2.21. The first-order chi connectivity index (χ1) is 9.56. The Morgan fingerprint density at radius 3 is 2.65 bits per heavy atom. The first-order valence-corrected chi connectivity index (χ1v) is 6.09. The maximum atomic E-state index is 11.1. The van der Waals surface area contributed by atoms with Crippen LogP contribution in [0.3, 0.4) is 0 Å². The van der Waals surface area contributed by atoms with E-state index in [4.69, 9.17) is 5.11 Å². The second-order valence-electron chi connectivity index (χ2n) is 4.56. The van der Waals surface area contributed by atoms with Crippen molar-refractivity contribution in [2.75, 3.05) is 0 Å². The van der Waals surface area contributed by atoms with Crippen molar-refractivity contribution in [3.05, 3.63) is 47.4 Å². The molecule has 3 rings (SSSR count). The van der Waals surface area contributed by atoms with Crippen molar-refractivity contribution in [2.24, 2.45) is 0 Å². The van der Waals surface area contributed by atoms with Crippen molar-refractivity contribution in [1.82, 2.24) is 19.6 Å². The van der Waals surface area contributed by atoms with Crippen LogP contribution in [0.2, 0.25) is 0 Å². The number of nitrogens with zero attached hydrogens (tertiary/aromatic N) is 4. The van der Waals surface area contributed by atoms with Crippen molar-refractivity contribution in [1.29, 1.82) is 0 Å². The average Bonchev–Trinajstić information content (AvgIpc) is 2.81. The Labute approximate surface area is 114 Å². The van der Waals surface area contributed by atoms with E-state index >= 15 is 0 Å². The van der Waals surface area contributed by atoms with Gasteiger partial charge in [-0.3, -0.25) is 9.38 Å². The van der Waals surface area contributed by atoms with Crippen LogP contribution in [0, 0.1) is 13.8 Å². The quantitative estimate of drug-likeness (QED) is 0.769. The van der Waals surface area contributed by atoms with Crippen LogP contribution in [-0.2, 0) is 0 Å². The molecule has 0 fully saturated rings. The largest absolute Gasteiger partial charge is 0.478 e. The van der Waals surface area contributed by atoms with Crippen LogP contribution in [0.25, 0.3) is 17.0 Å². The van der Waals surface area contributed by atoms with Crippen molar-refractivity contribution in [3.8, 4) is 11.4 Å². The molecule has 3 heterocycles. The fraction of sp³-hybridized carbons (Fsp3) is 0.143. The summed E-state index contributed by atoms with van der Waals surface area (Å²) in [5, 5.41) is 17.3. The van der Waals surface area contributed by atoms with Gasteiger partial charge in [-0.25, -0.2) is 4.79 Å². The van der Waals surface area contributed by atoms with Gasteiger partial charge in [-0.05, 0) is 38.1 Å². The molecule has 20 heavy (non-hydrogen) atoms. The van der Waals surface area contributed by atoms with Gasteiger partial charge in [-0.1, -0.05) is 0 Å². The number of rotatable bonds is 2. The SMILES string of the molecule is Cc1ccc(-c2nnc3ccc(C(=O)O)cn23)c(C)n1. The topological polar surface area (TPSA) is 80.4 Å². The van der Waals surface area contributed by atoms with E-state index in [1.807, 2.05) is 26.0 Å². The number of carboxylic acid groups (broad SMARTS) is 1. The molecule has 0 saturated heterocycles. The number of aromatic nitrogens is 4. The Balaban J connectivity index is 2.25. The van der Waals surface area contributed by atoms with Crippen LogP contribution < -0.4 is 0 Å². The van der Waals surface area contributed by atoms with Crippen molar-refractivity contribution in [2.45, 2.75) is 13.8 Å². The van der Waals surface area contributed by atoms with Crippen LogP contribution in [-0.4, -0.2) is 30.7 Å². The number of carbonyl (C=O) groups is 1. The van der Waals surface area contributed by atoms with Gasteiger partial charge in [0.05, 0.1) is 5.56 Å². The zero-order valence-corrected chi connectivity index (χ0v) is 11.0. The fourth-order valence-electron chi connectivity index (χ4n) is 2.12. The molecule has 0 spiro atoms. The lowest BCUT2D eigenvalue weighted by Gasteiger charge is -2.05. The lowest BCUT2D eigenvalue weighted by Crippen LogP contribution is -2.00. The summed E-state index contributed by atoms with van der Waals surface area (Å²) < 4.78 is 1.67. The molecule has 0 aromatic carbocycles. The van der Waals surface area contributed by atoms with E-state index in [2.05, 4.69) is 15.2 Å². The lowest BCUT2D eigenvalue weighted by atomic mass is 10.1. The molecule has 0 radical (unpaired) electrons. The Kier molecular flexibility index (Phi) is 2.71. The first kappa shape index (κ1) is 12.3. The van der Waals surface area contributed by atoms with Gasteiger partial charge in [0, 0.05) is 23.1 Å². The molecule has 0 saturated carbocycles. The smallest absolute Gasteiger partial charge is 0.337 e. The van der Waals surface area contributed by atoms with Gasteiger partial charge in [-0.15, -0.1) is 10.2 Å². The maximum Gasteiger partial charge on any atom is 0.337 e. The van der Waals surface area contributed by atoms with Gasteiger partial charge in [0.25, 0.3) is 0 Å². The van der Waals surface area contributed by atoms with Gasteiger partial charge < -0.3 is 5.11 Å². The van der Waals surface area contributed by atoms with E-state index in [0.717, 1.165) is 17.0 Å². The van der Waals surface area contributed by atoms with Crippen molar-refractivity contribution < 1.29 is 9.90 Å². The number of aryl methyl sites for hydroxylation is 2. The number of carboxylic acids is 1. The number of pyridine rings is 2. The Morgan fingerprint density at radius 2 is 1.95 bits per heavy atom. The van der Waals surface area contributed by atoms with E-state index in [1.54, 1.807) is 10.5 Å². The molecule has 0 aliphatic heterocycles. The standard InChI is InChI=1S/C14H12N4O2/c1-8-3-5-11(9(2)15-8)13-17-16-12-6-4-10(14(19)20)7-18(12)13/h3-7H,1-2H3,(H,19,20). The molecular formula is C14H12N4O2. The highest BCUT2D eigenvalue weighted by atomic mass is 16.4. The molecule has 3 aromatic heterocycles. The molecule has 0 atom stereocenters. The zero-order valence-electron chi connectivity index (χ0n) is 11.0. The van der Waals surface area contributed by atoms with Crippen LogP contribution in [0.15, 0.2) is 30.5 Å². The summed E-state index contributed by atoms with van der Waals surface area (Å²) >= 11 is 0. The molecule has 0 bridgehead atoms. The molecule has 6 nitrogen and oxygen atoms in total. The molecule has 0 aliphatic carbocycles. The summed E-state index contributed by atoms with van der Waals surface area (Å²) in [6.07, 6.45) is 1.52. The third kappa shape index (κ3) is 1.91. The highest BCUT2D eigenvalue weighted by molar-refractivity contribution is 5.87. The zero-order chi connectivity index (χ0) is 14.3. The monoisotopic (exact) mass is 268 g/mol. The van der Waals surface area contributed by atoms with Crippen LogP contribution in [0.1, 0.15) is 21.7 Å². The van der Waals surface area contributed by atoms with Gasteiger partial charge >= 0.3 is 5.97 Å². The normalized spacial score (nSPS) is 10.9. The highest BCUT2D eigenvalue weighted by Gasteiger charge is 2.13. The summed E-state index contributed by atoms with van der Waals surface area (Å²) in [7, 11) is 0. The molecule has 0 aliphatic rings. The summed E-state index contributed by atoms with van der Waals surface area (Å²) in [5.74, 6) is -0.390. The fourth-order valence-corrected chi connectivity index (χ4v) is 2.12. The van der Waals surface area contributed by atoms with Gasteiger partial charge in [0.15, 0.2) is 11.5 Å². The summed E-state index contributed by atoms with van der Waals surface area (Å²) in [6, 6.07) is 6.96. The van der Waals surface area contributed by atoms with Crippen LogP contribution >= 0.6 is 0 Å². The Bertz CT molecular complexity index is 823. The van der Waals surface area contributed by atoms with E-state index in [9.17, 15) is 4.79 Å². The summed E-state index contributed by atoms with van der Waals surface area (Å²) in [6.45, 7) is 3.81. The van der Waals surface area contributed by atoms with E-state index in [0.29, 0.717) is 11.5 Å². The summed E-state index contributed by atoms with van der Waals surface area (Å²) in [4.78, 5) is 15.5. The number of fused-ring (bicyclic) bond motifs is 1. The molecule has 1 N–H and O–H groups in total. The molecule has 6 heteroatoms. The predicted molar refractivity (Wildman–Crippen MR) is 72.7 cm³/mol. The average molecular weight is 268 g/mol. The Morgan fingerprint density at radius 1 is 1.15 bits per heavy atom. The second kappa shape index (κ2) is 4.41. The van der Waals surface area contributed by atoms with Crippen molar-refractivity contribution >= 4 is 11.6 Å². The Hall–Kier alpha value is -2.76. The van der Waals surface area contributed by atoms with Gasteiger partial charge in [-0.2, -0.15) is 0 Å². The minimum absolute atomic E-state index is 0.191. The minimum atomic E-state index is -0.981. The molecular weight excluding hydrogens is 256 g/mol. The van der Waals surface area contributed by atoms with Gasteiger partial charge in [0.1, 0.15) is 0 Å². The van der Waals surface area contributed by atoms with E-state index in [-0.39, 0.29) is 5.56 Å². The van der Waals surface area contributed by atoms with Crippen LogP contribution in [0.4, 0.5) is 0 Å². The van der Waals surface area contributed by atoms with Gasteiger partial charge in [0.2, 0.25) is 0 Å². The third-order valence-corrected chi connectivity index (χ3v) is 3.12. The molecule has 100 valence electrons. The third-order valence-electron chi connectivity index (χ3n) is 3.12. The minimum Gasteiger partial charge on any atom is -0.478 e. The molecule has 0 unspecified atom stereocenters. The first-order valence-electron chi connectivity index (χ1n) is 6.09. The number of hydrogen-bond donors (Lipinski definition) is 1. The molecule has 3 aromatic rings. The number of aromatic carboxylic acids is 1. The van der Waals surface area contributed by atoms with Crippen molar-refractivity contribution in [3.63, 3.8) is 0 Å². The van der Waals surface area contributed by atoms with Crippen LogP contribution in [0.5, 0.6) is 0 Å². The maximum absolute atomic E-state index is 11.1. The summed E-state index contributed by atoms with van der Waals surface area (Å²) in [5.41, 5.74) is 3.39.